The Labute approximate surface area is 154 Å². The van der Waals surface area contributed by atoms with Gasteiger partial charge < -0.3 is 10.1 Å². The molecule has 0 aliphatic carbocycles. The number of thiazole rings is 1. The van der Waals surface area contributed by atoms with Gasteiger partial charge in [-0.05, 0) is 32.0 Å². The van der Waals surface area contributed by atoms with Crippen LogP contribution in [-0.4, -0.2) is 33.5 Å². The maximum absolute atomic E-state index is 13.6. The summed E-state index contributed by atoms with van der Waals surface area (Å²) in [5.41, 5.74) is 0.608. The van der Waals surface area contributed by atoms with E-state index in [9.17, 15) is 9.18 Å². The third kappa shape index (κ3) is 4.20. The molecule has 0 saturated carbocycles. The van der Waals surface area contributed by atoms with E-state index < -0.39 is 5.82 Å². The number of aryl methyl sites for hydroxylation is 1. The molecule has 2 heterocycles. The minimum absolute atomic E-state index is 0.152. The summed E-state index contributed by atoms with van der Waals surface area (Å²) in [5.74, 6) is -0.0506. The Kier molecular flexibility index (Phi) is 5.52. The molecule has 1 amide bonds. The summed E-state index contributed by atoms with van der Waals surface area (Å²) < 4.78 is 19.0. The number of hydrogen-bond acceptors (Lipinski definition) is 6. The molecule has 0 radical (unpaired) electrons. The van der Waals surface area contributed by atoms with E-state index in [1.807, 2.05) is 0 Å². The monoisotopic (exact) mass is 372 g/mol. The highest BCUT2D eigenvalue weighted by Crippen LogP contribution is 2.25. The average molecular weight is 372 g/mol. The third-order valence-corrected chi connectivity index (χ3v) is 4.62. The first kappa shape index (κ1) is 17.9. The van der Waals surface area contributed by atoms with Crippen LogP contribution in [-0.2, 0) is 0 Å². The van der Waals surface area contributed by atoms with Crippen LogP contribution in [0.2, 0.25) is 0 Å². The molecule has 3 rings (SSSR count). The number of halogens is 1. The van der Waals surface area contributed by atoms with Gasteiger partial charge in [-0.1, -0.05) is 12.1 Å². The minimum Gasteiger partial charge on any atom is -0.488 e. The molecular formula is C18H17FN4O2S. The number of amides is 1. The van der Waals surface area contributed by atoms with Crippen LogP contribution in [0.15, 0.2) is 42.7 Å². The molecule has 1 atom stereocenters. The number of carbonyl (C=O) groups excluding carboxylic acids is 1. The second-order valence-electron chi connectivity index (χ2n) is 5.62. The Bertz CT molecular complexity index is 901. The normalized spacial score (nSPS) is 11.8. The van der Waals surface area contributed by atoms with Crippen molar-refractivity contribution in [3.05, 3.63) is 59.1 Å². The molecule has 134 valence electrons. The Morgan fingerprint density at radius 2 is 2.00 bits per heavy atom. The van der Waals surface area contributed by atoms with Crippen molar-refractivity contribution >= 4 is 17.2 Å². The molecule has 0 saturated heterocycles. The summed E-state index contributed by atoms with van der Waals surface area (Å²) in [5, 5.41) is 3.42. The number of para-hydroxylation sites is 1. The van der Waals surface area contributed by atoms with E-state index in [4.69, 9.17) is 4.74 Å². The first-order valence-corrected chi connectivity index (χ1v) is 8.79. The molecule has 2 aromatic heterocycles. The largest absolute Gasteiger partial charge is 0.488 e. The van der Waals surface area contributed by atoms with Crippen molar-refractivity contribution in [3.8, 4) is 16.6 Å². The first-order chi connectivity index (χ1) is 12.5. The SMILES string of the molecule is Cc1nc(-c2ncccn2)sc1C(=O)NC(C)COc1ccccc1F. The van der Waals surface area contributed by atoms with Gasteiger partial charge >= 0.3 is 0 Å². The zero-order chi connectivity index (χ0) is 18.5. The van der Waals surface area contributed by atoms with E-state index in [1.165, 1.54) is 17.4 Å². The first-order valence-electron chi connectivity index (χ1n) is 7.97. The van der Waals surface area contributed by atoms with Crippen LogP contribution in [0.3, 0.4) is 0 Å². The maximum Gasteiger partial charge on any atom is 0.263 e. The molecule has 6 nitrogen and oxygen atoms in total. The van der Waals surface area contributed by atoms with Gasteiger partial charge in [0, 0.05) is 12.4 Å². The molecule has 0 fully saturated rings. The fourth-order valence-corrected chi connectivity index (χ4v) is 3.14. The zero-order valence-corrected chi connectivity index (χ0v) is 15.1. The van der Waals surface area contributed by atoms with Gasteiger partial charge in [-0.25, -0.2) is 19.3 Å². The molecule has 0 aliphatic rings. The highest BCUT2D eigenvalue weighted by Gasteiger charge is 2.19. The van der Waals surface area contributed by atoms with Crippen LogP contribution in [0.5, 0.6) is 5.75 Å². The van der Waals surface area contributed by atoms with Gasteiger partial charge in [0.05, 0.1) is 11.7 Å². The summed E-state index contributed by atoms with van der Waals surface area (Å²) in [6.45, 7) is 3.70. The van der Waals surface area contributed by atoms with Crippen molar-refractivity contribution in [2.24, 2.45) is 0 Å². The lowest BCUT2D eigenvalue weighted by Crippen LogP contribution is -2.36. The predicted molar refractivity (Wildman–Crippen MR) is 96.7 cm³/mol. The second-order valence-corrected chi connectivity index (χ2v) is 6.62. The summed E-state index contributed by atoms with van der Waals surface area (Å²) in [6.07, 6.45) is 3.25. The van der Waals surface area contributed by atoms with E-state index in [2.05, 4.69) is 20.3 Å². The highest BCUT2D eigenvalue weighted by molar-refractivity contribution is 7.17. The predicted octanol–water partition coefficient (Wildman–Crippen LogP) is 3.24. The standard InChI is InChI=1S/C18H17FN4O2S/c1-11(10-25-14-7-4-3-6-13(14)19)22-17(24)15-12(2)23-18(26-15)16-20-8-5-9-21-16/h3-9,11H,10H2,1-2H3,(H,22,24). The van der Waals surface area contributed by atoms with Crippen LogP contribution in [0.25, 0.3) is 10.8 Å². The molecule has 1 unspecified atom stereocenters. The molecular weight excluding hydrogens is 355 g/mol. The summed E-state index contributed by atoms with van der Waals surface area (Å²) >= 11 is 1.23. The number of carbonyl (C=O) groups is 1. The number of aromatic nitrogens is 3. The molecule has 26 heavy (non-hydrogen) atoms. The second kappa shape index (κ2) is 8.01. The van der Waals surface area contributed by atoms with E-state index >= 15 is 0 Å². The lowest BCUT2D eigenvalue weighted by Gasteiger charge is -2.15. The summed E-state index contributed by atoms with van der Waals surface area (Å²) in [6, 6.07) is 7.56. The summed E-state index contributed by atoms with van der Waals surface area (Å²) in [4.78, 5) is 25.6. The molecule has 1 N–H and O–H groups in total. The average Bonchev–Trinajstić information content (AvgIpc) is 3.04. The Hall–Kier alpha value is -2.87. The molecule has 3 aromatic rings. The highest BCUT2D eigenvalue weighted by atomic mass is 32.1. The van der Waals surface area contributed by atoms with Crippen LogP contribution >= 0.6 is 11.3 Å². The summed E-state index contributed by atoms with van der Waals surface area (Å²) in [7, 11) is 0. The fourth-order valence-electron chi connectivity index (χ4n) is 2.22. The van der Waals surface area contributed by atoms with Crippen LogP contribution in [0, 0.1) is 12.7 Å². The van der Waals surface area contributed by atoms with Gasteiger partial charge in [-0.2, -0.15) is 0 Å². The number of nitrogens with zero attached hydrogens (tertiary/aromatic N) is 3. The lowest BCUT2D eigenvalue weighted by atomic mass is 10.3. The number of nitrogens with one attached hydrogen (secondary N) is 1. The number of hydrogen-bond donors (Lipinski definition) is 1. The van der Waals surface area contributed by atoms with Crippen LogP contribution in [0.1, 0.15) is 22.3 Å². The van der Waals surface area contributed by atoms with Gasteiger partial charge in [0.25, 0.3) is 5.91 Å². The Balaban J connectivity index is 1.63. The number of benzene rings is 1. The quantitative estimate of drug-likeness (QED) is 0.719. The van der Waals surface area contributed by atoms with Crippen molar-refractivity contribution in [1.29, 1.82) is 0 Å². The molecule has 1 aromatic carbocycles. The Morgan fingerprint density at radius 1 is 1.27 bits per heavy atom. The van der Waals surface area contributed by atoms with E-state index in [0.29, 0.717) is 21.4 Å². The van der Waals surface area contributed by atoms with Gasteiger partial charge in [0.2, 0.25) is 0 Å². The van der Waals surface area contributed by atoms with Crippen molar-refractivity contribution in [2.45, 2.75) is 19.9 Å². The van der Waals surface area contributed by atoms with Gasteiger partial charge in [0.1, 0.15) is 11.5 Å². The van der Waals surface area contributed by atoms with Gasteiger partial charge in [-0.3, -0.25) is 4.79 Å². The maximum atomic E-state index is 13.6. The zero-order valence-electron chi connectivity index (χ0n) is 14.3. The van der Waals surface area contributed by atoms with Crippen molar-refractivity contribution in [3.63, 3.8) is 0 Å². The molecule has 0 aliphatic heterocycles. The lowest BCUT2D eigenvalue weighted by molar-refractivity contribution is 0.0929. The fraction of sp³-hybridized carbons (Fsp3) is 0.222. The third-order valence-electron chi connectivity index (χ3n) is 3.46. The molecule has 0 spiro atoms. The van der Waals surface area contributed by atoms with Crippen molar-refractivity contribution in [1.82, 2.24) is 20.3 Å². The van der Waals surface area contributed by atoms with Gasteiger partial charge in [0.15, 0.2) is 22.4 Å². The Morgan fingerprint density at radius 3 is 2.73 bits per heavy atom. The smallest absolute Gasteiger partial charge is 0.263 e. The van der Waals surface area contributed by atoms with E-state index in [0.717, 1.165) is 0 Å². The van der Waals surface area contributed by atoms with E-state index in [-0.39, 0.29) is 24.3 Å². The number of ether oxygens (including phenoxy) is 1. The van der Waals surface area contributed by atoms with Crippen LogP contribution < -0.4 is 10.1 Å². The molecule has 0 bridgehead atoms. The van der Waals surface area contributed by atoms with Gasteiger partial charge in [-0.15, -0.1) is 11.3 Å². The van der Waals surface area contributed by atoms with E-state index in [1.54, 1.807) is 50.5 Å². The van der Waals surface area contributed by atoms with Crippen LogP contribution in [0.4, 0.5) is 4.39 Å². The topological polar surface area (TPSA) is 77.0 Å². The minimum atomic E-state index is -0.433. The van der Waals surface area contributed by atoms with Crippen molar-refractivity contribution < 1.29 is 13.9 Å². The number of rotatable bonds is 6. The van der Waals surface area contributed by atoms with Crippen molar-refractivity contribution in [2.75, 3.05) is 6.61 Å². The molecule has 8 heteroatoms.